The summed E-state index contributed by atoms with van der Waals surface area (Å²) in [4.78, 5) is 0. The zero-order valence-electron chi connectivity index (χ0n) is 14.3. The summed E-state index contributed by atoms with van der Waals surface area (Å²) >= 11 is 7.50. The largest absolute Gasteiger partial charge is 0.416 e. The van der Waals surface area contributed by atoms with Crippen LogP contribution in [0.15, 0.2) is 0 Å². The molecule has 20 heavy (non-hydrogen) atoms. The second kappa shape index (κ2) is 6.33. The standard InChI is InChI=1S/C16H32Br2OSi/c1-14(2,3)20(6,7)19-12-15(4)9-8-13(10-17)16(15,5)11-18/h13H,8-12H2,1-7H3. The lowest BCUT2D eigenvalue weighted by Crippen LogP contribution is -2.48. The van der Waals surface area contributed by atoms with Gasteiger partial charge in [-0.05, 0) is 47.7 Å². The summed E-state index contributed by atoms with van der Waals surface area (Å²) in [7, 11) is -1.65. The van der Waals surface area contributed by atoms with Crippen LogP contribution in [0.3, 0.4) is 0 Å². The molecule has 0 saturated heterocycles. The maximum atomic E-state index is 6.57. The van der Waals surface area contributed by atoms with Crippen LogP contribution < -0.4 is 0 Å². The number of halogens is 2. The molecule has 0 amide bonds. The van der Waals surface area contributed by atoms with E-state index in [0.29, 0.717) is 10.5 Å². The molecule has 0 aromatic heterocycles. The van der Waals surface area contributed by atoms with Gasteiger partial charge >= 0.3 is 0 Å². The number of hydrogen-bond donors (Lipinski definition) is 0. The molecule has 0 heterocycles. The highest BCUT2D eigenvalue weighted by atomic mass is 79.9. The Morgan fingerprint density at radius 2 is 1.75 bits per heavy atom. The molecule has 0 bridgehead atoms. The quantitative estimate of drug-likeness (QED) is 0.373. The van der Waals surface area contributed by atoms with Crippen molar-refractivity contribution in [2.75, 3.05) is 17.3 Å². The Kier molecular flexibility index (Phi) is 6.07. The van der Waals surface area contributed by atoms with Crippen molar-refractivity contribution in [3.63, 3.8) is 0 Å². The lowest BCUT2D eigenvalue weighted by atomic mass is 9.66. The van der Waals surface area contributed by atoms with E-state index in [4.69, 9.17) is 4.43 Å². The molecule has 0 spiro atoms. The van der Waals surface area contributed by atoms with Gasteiger partial charge in [-0.3, -0.25) is 0 Å². The normalized spacial score (nSPS) is 35.5. The second-order valence-electron chi connectivity index (χ2n) is 8.55. The predicted octanol–water partition coefficient (Wildman–Crippen LogP) is 6.22. The van der Waals surface area contributed by atoms with Crippen LogP contribution >= 0.6 is 31.9 Å². The SMILES string of the molecule is CC1(CO[Si](C)(C)C(C)(C)C)CCC(CBr)C1(C)CBr. The van der Waals surface area contributed by atoms with E-state index in [1.807, 2.05) is 0 Å². The molecule has 0 aromatic carbocycles. The first-order valence-corrected chi connectivity index (χ1v) is 12.8. The van der Waals surface area contributed by atoms with Crippen molar-refractivity contribution in [2.24, 2.45) is 16.7 Å². The van der Waals surface area contributed by atoms with Crippen molar-refractivity contribution in [3.8, 4) is 0 Å². The molecule has 120 valence electrons. The summed E-state index contributed by atoms with van der Waals surface area (Å²) in [5.74, 6) is 0.745. The monoisotopic (exact) mass is 426 g/mol. The van der Waals surface area contributed by atoms with Crippen LogP contribution in [0, 0.1) is 16.7 Å². The van der Waals surface area contributed by atoms with Crippen molar-refractivity contribution in [1.29, 1.82) is 0 Å². The number of rotatable bonds is 5. The minimum atomic E-state index is -1.65. The highest BCUT2D eigenvalue weighted by Crippen LogP contribution is 2.58. The van der Waals surface area contributed by atoms with Crippen LogP contribution in [-0.4, -0.2) is 25.6 Å². The number of alkyl halides is 2. The lowest BCUT2D eigenvalue weighted by Gasteiger charge is -2.46. The molecule has 4 heteroatoms. The third-order valence-corrected chi connectivity index (χ3v) is 12.8. The van der Waals surface area contributed by atoms with Gasteiger partial charge in [-0.1, -0.05) is 66.5 Å². The molecular formula is C16H32Br2OSi. The maximum Gasteiger partial charge on any atom is 0.192 e. The summed E-state index contributed by atoms with van der Waals surface area (Å²) in [6.07, 6.45) is 2.59. The van der Waals surface area contributed by atoms with E-state index in [-0.39, 0.29) is 5.41 Å². The maximum absolute atomic E-state index is 6.57. The van der Waals surface area contributed by atoms with Gasteiger partial charge in [0.1, 0.15) is 0 Å². The first-order chi connectivity index (χ1) is 8.93. The van der Waals surface area contributed by atoms with Gasteiger partial charge < -0.3 is 4.43 Å². The molecule has 0 aliphatic heterocycles. The topological polar surface area (TPSA) is 9.23 Å². The fourth-order valence-corrected chi connectivity index (χ4v) is 6.19. The number of hydrogen-bond acceptors (Lipinski definition) is 1. The van der Waals surface area contributed by atoms with Crippen molar-refractivity contribution in [1.82, 2.24) is 0 Å². The van der Waals surface area contributed by atoms with Crippen LogP contribution in [0.5, 0.6) is 0 Å². The summed E-state index contributed by atoms with van der Waals surface area (Å²) in [6, 6.07) is 0. The fourth-order valence-electron chi connectivity index (χ4n) is 2.90. The molecule has 0 aromatic rings. The van der Waals surface area contributed by atoms with Crippen LogP contribution in [-0.2, 0) is 4.43 Å². The van der Waals surface area contributed by atoms with Crippen LogP contribution in [0.4, 0.5) is 0 Å². The van der Waals surface area contributed by atoms with Crippen molar-refractivity contribution in [3.05, 3.63) is 0 Å². The van der Waals surface area contributed by atoms with E-state index >= 15 is 0 Å². The molecule has 3 unspecified atom stereocenters. The predicted molar refractivity (Wildman–Crippen MR) is 99.7 cm³/mol. The average molecular weight is 428 g/mol. The molecule has 1 saturated carbocycles. The van der Waals surface area contributed by atoms with Gasteiger partial charge in [-0.2, -0.15) is 0 Å². The second-order valence-corrected chi connectivity index (χ2v) is 14.6. The fraction of sp³-hybridized carbons (Fsp3) is 1.00. The summed E-state index contributed by atoms with van der Waals surface area (Å²) in [6.45, 7) is 17.5. The Labute approximate surface area is 144 Å². The highest BCUT2D eigenvalue weighted by Gasteiger charge is 2.54. The molecule has 1 nitrogen and oxygen atoms in total. The van der Waals surface area contributed by atoms with Gasteiger partial charge in [-0.25, -0.2) is 0 Å². The zero-order chi connectivity index (χ0) is 15.8. The van der Waals surface area contributed by atoms with Crippen molar-refractivity contribution in [2.45, 2.75) is 65.6 Å². The van der Waals surface area contributed by atoms with Gasteiger partial charge in [0, 0.05) is 17.3 Å². The summed E-state index contributed by atoms with van der Waals surface area (Å²) in [5.41, 5.74) is 0.601. The third-order valence-electron chi connectivity index (χ3n) is 6.35. The average Bonchev–Trinajstić information content (AvgIpc) is 2.59. The van der Waals surface area contributed by atoms with E-state index in [2.05, 4.69) is 79.6 Å². The van der Waals surface area contributed by atoms with E-state index < -0.39 is 8.32 Å². The Bertz CT molecular complexity index is 340. The zero-order valence-corrected chi connectivity index (χ0v) is 18.4. The first-order valence-electron chi connectivity index (χ1n) is 7.69. The molecule has 1 rings (SSSR count). The molecular weight excluding hydrogens is 396 g/mol. The minimum absolute atomic E-state index is 0.282. The Hall–Kier alpha value is 1.14. The minimum Gasteiger partial charge on any atom is -0.416 e. The van der Waals surface area contributed by atoms with Crippen LogP contribution in [0.2, 0.25) is 18.1 Å². The van der Waals surface area contributed by atoms with Crippen molar-refractivity contribution < 1.29 is 4.43 Å². The Morgan fingerprint density at radius 1 is 1.20 bits per heavy atom. The van der Waals surface area contributed by atoms with Gasteiger partial charge in [0.15, 0.2) is 8.32 Å². The smallest absolute Gasteiger partial charge is 0.192 e. The van der Waals surface area contributed by atoms with E-state index in [1.165, 1.54) is 12.8 Å². The van der Waals surface area contributed by atoms with Crippen LogP contribution in [0.25, 0.3) is 0 Å². The molecule has 1 fully saturated rings. The van der Waals surface area contributed by atoms with E-state index in [9.17, 15) is 0 Å². The van der Waals surface area contributed by atoms with Crippen LogP contribution in [0.1, 0.15) is 47.5 Å². The molecule has 1 aliphatic carbocycles. The molecule has 0 radical (unpaired) electrons. The van der Waals surface area contributed by atoms with Gasteiger partial charge in [0.2, 0.25) is 0 Å². The van der Waals surface area contributed by atoms with Gasteiger partial charge in [-0.15, -0.1) is 0 Å². The first kappa shape index (κ1) is 19.2. The van der Waals surface area contributed by atoms with Crippen molar-refractivity contribution >= 4 is 40.2 Å². The summed E-state index contributed by atoms with van der Waals surface area (Å²) < 4.78 is 6.57. The lowest BCUT2D eigenvalue weighted by molar-refractivity contribution is 0.0408. The molecule has 3 atom stereocenters. The molecule has 1 aliphatic rings. The highest BCUT2D eigenvalue weighted by molar-refractivity contribution is 9.09. The Balaban J connectivity index is 2.86. The molecule has 0 N–H and O–H groups in total. The van der Waals surface area contributed by atoms with Gasteiger partial charge in [0.05, 0.1) is 0 Å². The van der Waals surface area contributed by atoms with Gasteiger partial charge in [0.25, 0.3) is 0 Å². The van der Waals surface area contributed by atoms with E-state index in [0.717, 1.165) is 23.2 Å². The third kappa shape index (κ3) is 3.38. The summed E-state index contributed by atoms with van der Waals surface area (Å²) in [5, 5.41) is 2.46. The Morgan fingerprint density at radius 3 is 2.15 bits per heavy atom. The van der Waals surface area contributed by atoms with E-state index in [1.54, 1.807) is 0 Å².